The van der Waals surface area contributed by atoms with Gasteiger partial charge in [-0.3, -0.25) is 9.59 Å². The quantitative estimate of drug-likeness (QED) is 0.928. The topological polar surface area (TPSA) is 62.3 Å². The van der Waals surface area contributed by atoms with E-state index in [2.05, 4.69) is 10.3 Å². The van der Waals surface area contributed by atoms with Gasteiger partial charge in [-0.1, -0.05) is 20.8 Å². The van der Waals surface area contributed by atoms with Crippen molar-refractivity contribution in [2.75, 3.05) is 0 Å². The van der Waals surface area contributed by atoms with E-state index in [4.69, 9.17) is 0 Å². The van der Waals surface area contributed by atoms with E-state index >= 15 is 0 Å². The molecule has 0 saturated carbocycles. The summed E-state index contributed by atoms with van der Waals surface area (Å²) in [6, 6.07) is -1.02. The van der Waals surface area contributed by atoms with Crippen LogP contribution < -0.4 is 5.32 Å². The Morgan fingerprint density at radius 2 is 2.05 bits per heavy atom. The maximum absolute atomic E-state index is 12.8. The molecule has 21 heavy (non-hydrogen) atoms. The third-order valence-corrected chi connectivity index (χ3v) is 5.01. The van der Waals surface area contributed by atoms with Gasteiger partial charge in [0.25, 0.3) is 0 Å². The Balaban J connectivity index is 2.35. The van der Waals surface area contributed by atoms with Crippen molar-refractivity contribution >= 4 is 23.2 Å². The fraction of sp³-hybridized carbons (Fsp3) is 0.667. The lowest BCUT2D eigenvalue weighted by Crippen LogP contribution is -2.64. The lowest BCUT2D eigenvalue weighted by atomic mass is 9.95. The summed E-state index contributed by atoms with van der Waals surface area (Å²) in [5, 5.41) is 3.75. The van der Waals surface area contributed by atoms with Crippen molar-refractivity contribution in [3.63, 3.8) is 0 Å². The van der Waals surface area contributed by atoms with E-state index in [0.717, 1.165) is 9.88 Å². The summed E-state index contributed by atoms with van der Waals surface area (Å²) < 4.78 is 0. The molecule has 3 unspecified atom stereocenters. The molecule has 0 aromatic carbocycles. The zero-order chi connectivity index (χ0) is 15.7. The fourth-order valence-electron chi connectivity index (χ4n) is 2.73. The summed E-state index contributed by atoms with van der Waals surface area (Å²) >= 11 is 1.58. The summed E-state index contributed by atoms with van der Waals surface area (Å²) in [6.45, 7) is 9.78. The molecule has 6 heteroatoms. The van der Waals surface area contributed by atoms with Crippen LogP contribution in [0.4, 0.5) is 0 Å². The smallest absolute Gasteiger partial charge is 0.246 e. The maximum atomic E-state index is 12.8. The highest BCUT2D eigenvalue weighted by atomic mass is 32.1. The lowest BCUT2D eigenvalue weighted by Gasteiger charge is -2.42. The van der Waals surface area contributed by atoms with Gasteiger partial charge in [0, 0.05) is 11.1 Å². The Hall–Kier alpha value is -1.43. The van der Waals surface area contributed by atoms with Crippen molar-refractivity contribution < 1.29 is 9.59 Å². The van der Waals surface area contributed by atoms with Gasteiger partial charge in [-0.05, 0) is 26.2 Å². The molecule has 116 valence electrons. The fourth-order valence-corrected chi connectivity index (χ4v) is 3.56. The van der Waals surface area contributed by atoms with Crippen molar-refractivity contribution in [3.05, 3.63) is 16.1 Å². The number of hydrogen-bond donors (Lipinski definition) is 1. The molecule has 2 rings (SSSR count). The lowest BCUT2D eigenvalue weighted by molar-refractivity contribution is -0.153. The molecule has 0 radical (unpaired) electrons. The van der Waals surface area contributed by atoms with Crippen molar-refractivity contribution in [2.45, 2.75) is 59.2 Å². The van der Waals surface area contributed by atoms with E-state index in [1.807, 2.05) is 40.8 Å². The van der Waals surface area contributed by atoms with Crippen LogP contribution in [0.1, 0.15) is 50.0 Å². The van der Waals surface area contributed by atoms with Crippen molar-refractivity contribution in [1.29, 1.82) is 0 Å². The molecule has 0 bridgehead atoms. The summed E-state index contributed by atoms with van der Waals surface area (Å²) in [4.78, 5) is 32.3. The predicted octanol–water partition coefficient (Wildman–Crippen LogP) is 2.27. The molecule has 1 aromatic rings. The van der Waals surface area contributed by atoms with Crippen molar-refractivity contribution in [1.82, 2.24) is 15.2 Å². The molecule has 3 atom stereocenters. The molecule has 1 aliphatic heterocycles. The van der Waals surface area contributed by atoms with Gasteiger partial charge >= 0.3 is 0 Å². The van der Waals surface area contributed by atoms with E-state index in [9.17, 15) is 9.59 Å². The molecule has 2 heterocycles. The van der Waals surface area contributed by atoms with Gasteiger partial charge in [-0.25, -0.2) is 4.98 Å². The third kappa shape index (κ3) is 2.95. The molecule has 5 nitrogen and oxygen atoms in total. The van der Waals surface area contributed by atoms with Gasteiger partial charge in [-0.2, -0.15) is 0 Å². The van der Waals surface area contributed by atoms with Gasteiger partial charge in [0.05, 0.1) is 6.04 Å². The first-order valence-corrected chi connectivity index (χ1v) is 8.23. The largest absolute Gasteiger partial charge is 0.342 e. The van der Waals surface area contributed by atoms with E-state index < -0.39 is 12.1 Å². The average Bonchev–Trinajstić information content (AvgIpc) is 2.86. The minimum atomic E-state index is -0.441. The number of amides is 2. The number of aryl methyl sites for hydroxylation is 1. The Morgan fingerprint density at radius 1 is 1.38 bits per heavy atom. The van der Waals surface area contributed by atoms with Crippen LogP contribution in [-0.4, -0.2) is 33.8 Å². The number of piperazine rings is 1. The molecule has 1 aromatic heterocycles. The predicted molar refractivity (Wildman–Crippen MR) is 83.0 cm³/mol. The SMILES string of the molecule is CCC1C(=O)NC(C(C)C)C(=O)N1C(C)c1ncc(C)s1. The van der Waals surface area contributed by atoms with Gasteiger partial charge in [0.1, 0.15) is 17.1 Å². The van der Waals surface area contributed by atoms with Crippen LogP contribution in [-0.2, 0) is 9.59 Å². The van der Waals surface area contributed by atoms with Crippen LogP contribution in [0.3, 0.4) is 0 Å². The molecule has 2 amide bonds. The van der Waals surface area contributed by atoms with E-state index in [1.54, 1.807) is 16.2 Å². The minimum absolute atomic E-state index is 0.00296. The number of rotatable bonds is 4. The van der Waals surface area contributed by atoms with E-state index in [-0.39, 0.29) is 23.8 Å². The first-order valence-electron chi connectivity index (χ1n) is 7.41. The summed E-state index contributed by atoms with van der Waals surface area (Å²) in [5.74, 6) is 0.0136. The van der Waals surface area contributed by atoms with E-state index in [1.165, 1.54) is 0 Å². The van der Waals surface area contributed by atoms with Crippen LogP contribution in [0.5, 0.6) is 0 Å². The van der Waals surface area contributed by atoms with Crippen LogP contribution in [0.15, 0.2) is 6.20 Å². The Kier molecular flexibility index (Phi) is 4.66. The second-order valence-corrected chi connectivity index (χ2v) is 7.15. The summed E-state index contributed by atoms with van der Waals surface area (Å²) in [6.07, 6.45) is 2.42. The monoisotopic (exact) mass is 309 g/mol. The molecule has 0 spiro atoms. The molecule has 1 aliphatic rings. The Bertz CT molecular complexity index is 541. The van der Waals surface area contributed by atoms with Crippen LogP contribution in [0, 0.1) is 12.8 Å². The van der Waals surface area contributed by atoms with Gasteiger partial charge < -0.3 is 10.2 Å². The van der Waals surface area contributed by atoms with Gasteiger partial charge in [-0.15, -0.1) is 11.3 Å². The molecular formula is C15H23N3O2S. The third-order valence-electron chi connectivity index (χ3n) is 3.92. The molecule has 1 saturated heterocycles. The highest BCUT2D eigenvalue weighted by Gasteiger charge is 2.43. The zero-order valence-electron chi connectivity index (χ0n) is 13.2. The van der Waals surface area contributed by atoms with Gasteiger partial charge in [0.2, 0.25) is 11.8 Å². The molecular weight excluding hydrogens is 286 g/mol. The van der Waals surface area contributed by atoms with Crippen molar-refractivity contribution in [3.8, 4) is 0 Å². The molecule has 1 N–H and O–H groups in total. The highest BCUT2D eigenvalue weighted by molar-refractivity contribution is 7.11. The normalized spacial score (nSPS) is 24.4. The molecule has 0 aliphatic carbocycles. The van der Waals surface area contributed by atoms with Crippen LogP contribution in [0.2, 0.25) is 0 Å². The van der Waals surface area contributed by atoms with Crippen LogP contribution >= 0.6 is 11.3 Å². The van der Waals surface area contributed by atoms with Gasteiger partial charge in [0.15, 0.2) is 0 Å². The number of hydrogen-bond acceptors (Lipinski definition) is 4. The first kappa shape index (κ1) is 15.9. The maximum Gasteiger partial charge on any atom is 0.246 e. The average molecular weight is 309 g/mol. The second kappa shape index (κ2) is 6.13. The standard InChI is InChI=1S/C15H23N3O2S/c1-6-11-13(19)17-12(8(2)3)15(20)18(11)10(5)14-16-7-9(4)21-14/h7-8,10-12H,6H2,1-5H3,(H,17,19). The number of carbonyl (C=O) groups excluding carboxylic acids is 2. The second-order valence-electron chi connectivity index (χ2n) is 5.88. The number of nitrogens with one attached hydrogen (secondary N) is 1. The number of carbonyl (C=O) groups is 2. The van der Waals surface area contributed by atoms with Crippen molar-refractivity contribution in [2.24, 2.45) is 5.92 Å². The zero-order valence-corrected chi connectivity index (χ0v) is 14.0. The molecule has 1 fully saturated rings. The Morgan fingerprint density at radius 3 is 2.52 bits per heavy atom. The number of nitrogens with zero attached hydrogens (tertiary/aromatic N) is 2. The van der Waals surface area contributed by atoms with Crippen LogP contribution in [0.25, 0.3) is 0 Å². The summed E-state index contributed by atoms with van der Waals surface area (Å²) in [7, 11) is 0. The minimum Gasteiger partial charge on any atom is -0.342 e. The van der Waals surface area contributed by atoms with E-state index in [0.29, 0.717) is 6.42 Å². The summed E-state index contributed by atoms with van der Waals surface area (Å²) in [5.41, 5.74) is 0. The first-order chi connectivity index (χ1) is 9.86. The Labute approximate surface area is 129 Å². The highest BCUT2D eigenvalue weighted by Crippen LogP contribution is 2.30. The number of aromatic nitrogens is 1. The number of thiazole rings is 1.